The van der Waals surface area contributed by atoms with Crippen LogP contribution in [0.2, 0.25) is 0 Å². The lowest BCUT2D eigenvalue weighted by Gasteiger charge is -2.33. The zero-order valence-corrected chi connectivity index (χ0v) is 18.0. The quantitative estimate of drug-likeness (QED) is 0.529. The van der Waals surface area contributed by atoms with Crippen LogP contribution < -0.4 is 0 Å². The van der Waals surface area contributed by atoms with Gasteiger partial charge in [-0.1, -0.05) is 24.3 Å². The van der Waals surface area contributed by atoms with E-state index in [2.05, 4.69) is 4.90 Å². The molecule has 2 aromatic carbocycles. The van der Waals surface area contributed by atoms with Crippen LogP contribution in [0.1, 0.15) is 34.6 Å². The van der Waals surface area contributed by atoms with Crippen molar-refractivity contribution in [1.29, 1.82) is 0 Å². The number of benzene rings is 2. The average Bonchev–Trinajstić information content (AvgIpc) is 2.97. The summed E-state index contributed by atoms with van der Waals surface area (Å²) in [6.07, 6.45) is -1.55. The van der Waals surface area contributed by atoms with E-state index in [1.54, 1.807) is 12.1 Å². The molecule has 0 amide bonds. The number of hydrogen-bond acceptors (Lipinski definition) is 3. The molecule has 3 atom stereocenters. The van der Waals surface area contributed by atoms with Gasteiger partial charge in [0.2, 0.25) is 0 Å². The number of likely N-dealkylation sites (tertiary alicyclic amines) is 1. The average molecular weight is 460 g/mol. The zero-order valence-electron chi connectivity index (χ0n) is 17.2. The van der Waals surface area contributed by atoms with Gasteiger partial charge in [-0.05, 0) is 67.1 Å². The maximum atomic E-state index is 13.4. The summed E-state index contributed by atoms with van der Waals surface area (Å²) >= 11 is 0. The first-order valence-corrected chi connectivity index (χ1v) is 11.8. The third kappa shape index (κ3) is 5.84. The Labute approximate surface area is 179 Å². The molecular formula is C22H25F4NO3S. The minimum Gasteiger partial charge on any atom is -0.302 e. The van der Waals surface area contributed by atoms with Crippen molar-refractivity contribution in [2.24, 2.45) is 5.92 Å². The highest BCUT2D eigenvalue weighted by atomic mass is 32.2. The van der Waals surface area contributed by atoms with Gasteiger partial charge in [0, 0.05) is 18.5 Å². The van der Waals surface area contributed by atoms with E-state index in [-0.39, 0.29) is 17.8 Å². The van der Waals surface area contributed by atoms with Gasteiger partial charge in [-0.2, -0.15) is 21.6 Å². The summed E-state index contributed by atoms with van der Waals surface area (Å²) in [5.41, 5.74) is 1.94. The van der Waals surface area contributed by atoms with Gasteiger partial charge in [-0.3, -0.25) is 4.55 Å². The maximum absolute atomic E-state index is 13.4. The van der Waals surface area contributed by atoms with E-state index in [0.717, 1.165) is 30.5 Å². The molecule has 1 unspecified atom stereocenters. The molecule has 1 fully saturated rings. The smallest absolute Gasteiger partial charge is 0.302 e. The molecule has 1 aliphatic carbocycles. The molecule has 0 radical (unpaired) electrons. The van der Waals surface area contributed by atoms with Crippen LogP contribution in [0.15, 0.2) is 42.5 Å². The van der Waals surface area contributed by atoms with E-state index in [4.69, 9.17) is 4.55 Å². The third-order valence-corrected chi connectivity index (χ3v) is 6.06. The Hall–Kier alpha value is -1.97. The number of alkyl halides is 3. The fraction of sp³-hybridized carbons (Fsp3) is 0.455. The van der Waals surface area contributed by atoms with Gasteiger partial charge in [0.15, 0.2) is 0 Å². The molecule has 170 valence electrons. The summed E-state index contributed by atoms with van der Waals surface area (Å²) in [6.45, 7) is 0.769. The van der Waals surface area contributed by atoms with Crippen LogP contribution in [0.3, 0.4) is 0 Å². The zero-order chi connectivity index (χ0) is 23.0. The Morgan fingerprint density at radius 3 is 2.32 bits per heavy atom. The van der Waals surface area contributed by atoms with E-state index in [1.807, 2.05) is 13.1 Å². The first-order chi connectivity index (χ1) is 14.3. The van der Waals surface area contributed by atoms with Gasteiger partial charge < -0.3 is 4.90 Å². The molecule has 0 bridgehead atoms. The summed E-state index contributed by atoms with van der Waals surface area (Å²) in [6, 6.07) is 11.4. The number of nitrogens with zero attached hydrogens (tertiary/aromatic N) is 1. The summed E-state index contributed by atoms with van der Waals surface area (Å²) in [5.74, 6) is 0.218. The number of halogens is 4. The molecule has 2 aromatic rings. The lowest BCUT2D eigenvalue weighted by molar-refractivity contribution is -0.138. The highest BCUT2D eigenvalue weighted by Gasteiger charge is 2.45. The molecule has 0 saturated carbocycles. The molecule has 1 aliphatic heterocycles. The van der Waals surface area contributed by atoms with Crippen molar-refractivity contribution in [1.82, 2.24) is 4.90 Å². The Morgan fingerprint density at radius 2 is 1.74 bits per heavy atom. The lowest BCUT2D eigenvalue weighted by atomic mass is 9.72. The van der Waals surface area contributed by atoms with Crippen LogP contribution in [-0.4, -0.2) is 43.8 Å². The SMILES string of the molecule is CN1C[C@@H]2c3cccc(C(F)(F)F)c3CCC2[C@H]1Cc1ccc(F)cc1.CS(=O)(=O)O. The highest BCUT2D eigenvalue weighted by molar-refractivity contribution is 7.85. The molecule has 31 heavy (non-hydrogen) atoms. The fourth-order valence-corrected chi connectivity index (χ4v) is 4.88. The predicted octanol–water partition coefficient (Wildman–Crippen LogP) is 4.55. The Kier molecular flexibility index (Phi) is 6.78. The number of rotatable bonds is 2. The summed E-state index contributed by atoms with van der Waals surface area (Å²) in [4.78, 5) is 2.26. The molecule has 2 aliphatic rings. The van der Waals surface area contributed by atoms with Gasteiger partial charge in [0.25, 0.3) is 10.1 Å². The maximum Gasteiger partial charge on any atom is 0.416 e. The molecule has 4 rings (SSSR count). The predicted molar refractivity (Wildman–Crippen MR) is 110 cm³/mol. The minimum absolute atomic E-state index is 0.136. The van der Waals surface area contributed by atoms with Crippen LogP contribution in [0, 0.1) is 11.7 Å². The molecule has 1 N–H and O–H groups in total. The number of likely N-dealkylation sites (N-methyl/N-ethyl adjacent to an activating group) is 1. The second-order valence-corrected chi connectivity index (χ2v) is 9.72. The molecule has 1 saturated heterocycles. The Bertz CT molecular complexity index is 1010. The topological polar surface area (TPSA) is 57.6 Å². The van der Waals surface area contributed by atoms with Crippen molar-refractivity contribution >= 4 is 10.1 Å². The van der Waals surface area contributed by atoms with Crippen molar-refractivity contribution in [3.05, 3.63) is 70.5 Å². The van der Waals surface area contributed by atoms with Crippen LogP contribution in [-0.2, 0) is 29.1 Å². The van der Waals surface area contributed by atoms with Gasteiger partial charge >= 0.3 is 6.18 Å². The standard InChI is InChI=1S/C21H21F4N.CH4O3S/c1-26-12-18-15-3-2-4-19(21(23,24)25)16(15)9-10-17(18)20(26)11-13-5-7-14(22)8-6-13;1-5(2,3)4/h2-8,17-18,20H,9-12H2,1H3;1H3,(H,2,3,4)/t17?,18-,20-;/m1./s1. The van der Waals surface area contributed by atoms with Crippen molar-refractivity contribution < 1.29 is 30.5 Å². The van der Waals surface area contributed by atoms with Crippen LogP contribution in [0.5, 0.6) is 0 Å². The lowest BCUT2D eigenvalue weighted by Crippen LogP contribution is -2.33. The molecule has 0 aromatic heterocycles. The van der Waals surface area contributed by atoms with Gasteiger partial charge in [-0.15, -0.1) is 0 Å². The monoisotopic (exact) mass is 459 g/mol. The van der Waals surface area contributed by atoms with Gasteiger partial charge in [0.1, 0.15) is 5.82 Å². The first kappa shape index (κ1) is 23.7. The fourth-order valence-electron chi connectivity index (χ4n) is 4.88. The second-order valence-electron chi connectivity index (χ2n) is 8.25. The largest absolute Gasteiger partial charge is 0.416 e. The molecule has 4 nitrogen and oxygen atoms in total. The van der Waals surface area contributed by atoms with Crippen molar-refractivity contribution in [3.8, 4) is 0 Å². The van der Waals surface area contributed by atoms with E-state index in [0.29, 0.717) is 24.2 Å². The summed E-state index contributed by atoms with van der Waals surface area (Å²) in [5, 5.41) is 0. The minimum atomic E-state index is -4.30. The normalized spacial score (nSPS) is 23.5. The third-order valence-electron chi connectivity index (χ3n) is 6.06. The van der Waals surface area contributed by atoms with Crippen LogP contribution >= 0.6 is 0 Å². The van der Waals surface area contributed by atoms with E-state index in [1.165, 1.54) is 24.3 Å². The number of fused-ring (bicyclic) bond motifs is 3. The van der Waals surface area contributed by atoms with Gasteiger partial charge in [-0.25, -0.2) is 4.39 Å². The van der Waals surface area contributed by atoms with Crippen LogP contribution in [0.4, 0.5) is 17.6 Å². The molecule has 9 heteroatoms. The Morgan fingerprint density at radius 1 is 1.13 bits per heavy atom. The van der Waals surface area contributed by atoms with Crippen LogP contribution in [0.25, 0.3) is 0 Å². The van der Waals surface area contributed by atoms with E-state index < -0.39 is 21.9 Å². The van der Waals surface area contributed by atoms with Crippen molar-refractivity contribution in [3.63, 3.8) is 0 Å². The molecule has 0 spiro atoms. The number of hydrogen-bond donors (Lipinski definition) is 1. The summed E-state index contributed by atoms with van der Waals surface area (Å²) in [7, 11) is -1.63. The van der Waals surface area contributed by atoms with E-state index >= 15 is 0 Å². The molecule has 1 heterocycles. The highest BCUT2D eigenvalue weighted by Crippen LogP contribution is 2.48. The Balaban J connectivity index is 0.000000491. The van der Waals surface area contributed by atoms with Crippen molar-refractivity contribution in [2.75, 3.05) is 19.8 Å². The summed E-state index contributed by atoms with van der Waals surface area (Å²) < 4.78 is 79.1. The van der Waals surface area contributed by atoms with Gasteiger partial charge in [0.05, 0.1) is 11.8 Å². The van der Waals surface area contributed by atoms with Crippen molar-refractivity contribution in [2.45, 2.75) is 37.4 Å². The second kappa shape index (κ2) is 8.88. The molecular weight excluding hydrogens is 434 g/mol. The van der Waals surface area contributed by atoms with E-state index in [9.17, 15) is 26.0 Å². The first-order valence-electron chi connectivity index (χ1n) is 9.90.